The SMILES string of the molecule is O=C(CSc1nnc(N2CCN(C(=O)c3ccccc3[N+](=O)[O-])CC2)s1)NCc1ccco1. The molecule has 0 atom stereocenters. The van der Waals surface area contributed by atoms with Gasteiger partial charge in [0, 0.05) is 32.2 Å². The van der Waals surface area contributed by atoms with Crippen LogP contribution in [0.2, 0.25) is 0 Å². The van der Waals surface area contributed by atoms with Gasteiger partial charge < -0.3 is 19.5 Å². The van der Waals surface area contributed by atoms with Gasteiger partial charge >= 0.3 is 0 Å². The number of thioether (sulfide) groups is 1. The normalized spacial score (nSPS) is 13.7. The van der Waals surface area contributed by atoms with Crippen LogP contribution in [0.3, 0.4) is 0 Å². The first-order valence-corrected chi connectivity index (χ1v) is 11.8. The lowest BCUT2D eigenvalue weighted by atomic mass is 10.1. The number of aromatic nitrogens is 2. The fourth-order valence-electron chi connectivity index (χ4n) is 3.25. The summed E-state index contributed by atoms with van der Waals surface area (Å²) in [4.78, 5) is 39.1. The number of carbonyl (C=O) groups is 2. The molecule has 0 spiro atoms. The first kappa shape index (κ1) is 22.7. The highest BCUT2D eigenvalue weighted by Gasteiger charge is 2.28. The third-order valence-electron chi connectivity index (χ3n) is 4.93. The summed E-state index contributed by atoms with van der Waals surface area (Å²) in [6, 6.07) is 9.53. The lowest BCUT2D eigenvalue weighted by Gasteiger charge is -2.34. The number of anilines is 1. The maximum absolute atomic E-state index is 12.8. The molecule has 1 N–H and O–H groups in total. The van der Waals surface area contributed by atoms with Crippen molar-refractivity contribution in [1.82, 2.24) is 20.4 Å². The molecule has 2 aromatic heterocycles. The number of nitro benzene ring substituents is 1. The fourth-order valence-corrected chi connectivity index (χ4v) is 4.97. The van der Waals surface area contributed by atoms with E-state index in [1.807, 2.05) is 4.90 Å². The number of carbonyl (C=O) groups excluding carboxylic acids is 2. The van der Waals surface area contributed by atoms with Gasteiger partial charge in [0.1, 0.15) is 11.3 Å². The molecule has 1 saturated heterocycles. The lowest BCUT2D eigenvalue weighted by molar-refractivity contribution is -0.385. The summed E-state index contributed by atoms with van der Waals surface area (Å²) in [5.74, 6) is 0.422. The second kappa shape index (κ2) is 10.4. The molecule has 2 amide bonds. The summed E-state index contributed by atoms with van der Waals surface area (Å²) in [5.41, 5.74) is -0.0974. The van der Waals surface area contributed by atoms with Gasteiger partial charge in [-0.1, -0.05) is 35.2 Å². The molecule has 0 aliphatic carbocycles. The standard InChI is InChI=1S/C20H20N6O5S2/c27-17(21-12-14-4-3-11-31-14)13-32-20-23-22-19(33-20)25-9-7-24(8-10-25)18(28)15-5-1-2-6-16(15)26(29)30/h1-6,11H,7-10,12-13H2,(H,21,27). The number of para-hydroxylation sites is 1. The van der Waals surface area contributed by atoms with Gasteiger partial charge in [0.05, 0.1) is 23.5 Å². The van der Waals surface area contributed by atoms with Crippen LogP contribution in [0.25, 0.3) is 0 Å². The van der Waals surface area contributed by atoms with Crippen molar-refractivity contribution in [3.63, 3.8) is 0 Å². The average Bonchev–Trinajstić information content (AvgIpc) is 3.53. The number of nitrogens with one attached hydrogen (secondary N) is 1. The minimum absolute atomic E-state index is 0.0934. The first-order chi connectivity index (χ1) is 16.0. The number of hydrogen-bond acceptors (Lipinski definition) is 10. The summed E-state index contributed by atoms with van der Waals surface area (Å²) < 4.78 is 5.86. The van der Waals surface area contributed by atoms with E-state index in [4.69, 9.17) is 4.42 Å². The highest BCUT2D eigenvalue weighted by atomic mass is 32.2. The van der Waals surface area contributed by atoms with Gasteiger partial charge in [-0.15, -0.1) is 10.2 Å². The number of piperazine rings is 1. The van der Waals surface area contributed by atoms with Crippen LogP contribution in [0.1, 0.15) is 16.1 Å². The number of nitrogens with zero attached hydrogens (tertiary/aromatic N) is 5. The summed E-state index contributed by atoms with van der Waals surface area (Å²) in [7, 11) is 0. The van der Waals surface area contributed by atoms with Gasteiger partial charge in [0.15, 0.2) is 4.34 Å². The van der Waals surface area contributed by atoms with Crippen LogP contribution in [0, 0.1) is 10.1 Å². The van der Waals surface area contributed by atoms with Gasteiger partial charge in [-0.2, -0.15) is 0 Å². The van der Waals surface area contributed by atoms with Crippen molar-refractivity contribution < 1.29 is 18.9 Å². The molecule has 33 heavy (non-hydrogen) atoms. The summed E-state index contributed by atoms with van der Waals surface area (Å²) in [6.45, 7) is 2.25. The fraction of sp³-hybridized carbons (Fsp3) is 0.300. The highest BCUT2D eigenvalue weighted by Crippen LogP contribution is 2.29. The molecule has 4 rings (SSSR count). The van der Waals surface area contributed by atoms with Crippen molar-refractivity contribution >= 4 is 45.7 Å². The number of nitro groups is 1. The molecule has 3 aromatic rings. The van der Waals surface area contributed by atoms with Crippen LogP contribution in [-0.2, 0) is 11.3 Å². The number of benzene rings is 1. The summed E-state index contributed by atoms with van der Waals surface area (Å²) in [5, 5.41) is 23.1. The van der Waals surface area contributed by atoms with E-state index < -0.39 is 4.92 Å². The van der Waals surface area contributed by atoms with E-state index >= 15 is 0 Å². The molecule has 1 aliphatic rings. The summed E-state index contributed by atoms with van der Waals surface area (Å²) in [6.07, 6.45) is 1.56. The molecule has 13 heteroatoms. The lowest BCUT2D eigenvalue weighted by Crippen LogP contribution is -2.48. The zero-order chi connectivity index (χ0) is 23.2. The zero-order valence-corrected chi connectivity index (χ0v) is 19.0. The monoisotopic (exact) mass is 488 g/mol. The molecular weight excluding hydrogens is 468 g/mol. The van der Waals surface area contributed by atoms with Crippen LogP contribution in [0.15, 0.2) is 51.4 Å². The van der Waals surface area contributed by atoms with Crippen LogP contribution in [0.4, 0.5) is 10.8 Å². The van der Waals surface area contributed by atoms with Crippen LogP contribution >= 0.6 is 23.1 Å². The molecule has 1 fully saturated rings. The van der Waals surface area contributed by atoms with Gasteiger partial charge in [-0.25, -0.2) is 0 Å². The second-order valence-corrected chi connectivity index (χ2v) is 9.23. The van der Waals surface area contributed by atoms with Crippen molar-refractivity contribution in [3.8, 4) is 0 Å². The van der Waals surface area contributed by atoms with Gasteiger partial charge in [0.2, 0.25) is 11.0 Å². The number of amides is 2. The number of furan rings is 1. The predicted molar refractivity (Wildman–Crippen MR) is 122 cm³/mol. The molecular formula is C20H20N6O5S2. The zero-order valence-electron chi connectivity index (χ0n) is 17.4. The molecule has 0 saturated carbocycles. The van der Waals surface area contributed by atoms with Crippen LogP contribution < -0.4 is 10.2 Å². The van der Waals surface area contributed by atoms with Crippen molar-refractivity contribution in [2.45, 2.75) is 10.9 Å². The number of rotatable bonds is 8. The Bertz CT molecular complexity index is 1130. The Morgan fingerprint density at radius 2 is 1.94 bits per heavy atom. The Kier molecular flexibility index (Phi) is 7.19. The molecule has 1 aromatic carbocycles. The van der Waals surface area contributed by atoms with E-state index in [1.54, 1.807) is 35.4 Å². The Balaban J connectivity index is 1.26. The van der Waals surface area contributed by atoms with Crippen molar-refractivity contribution in [3.05, 3.63) is 64.1 Å². The van der Waals surface area contributed by atoms with Gasteiger partial charge in [-0.05, 0) is 18.2 Å². The average molecular weight is 489 g/mol. The van der Waals surface area contributed by atoms with Crippen LogP contribution in [-0.4, -0.2) is 63.8 Å². The van der Waals surface area contributed by atoms with E-state index in [0.717, 1.165) is 0 Å². The molecule has 172 valence electrons. The third kappa shape index (κ3) is 5.68. The Morgan fingerprint density at radius 1 is 1.15 bits per heavy atom. The minimum atomic E-state index is -0.540. The Labute approximate surface area is 196 Å². The largest absolute Gasteiger partial charge is 0.467 e. The maximum atomic E-state index is 12.8. The smallest absolute Gasteiger partial charge is 0.282 e. The molecule has 0 bridgehead atoms. The van der Waals surface area contributed by atoms with E-state index in [-0.39, 0.29) is 28.8 Å². The van der Waals surface area contributed by atoms with E-state index in [2.05, 4.69) is 15.5 Å². The van der Waals surface area contributed by atoms with Gasteiger partial charge in [0.25, 0.3) is 11.6 Å². The van der Waals surface area contributed by atoms with E-state index in [1.165, 1.54) is 35.2 Å². The Morgan fingerprint density at radius 3 is 2.67 bits per heavy atom. The molecule has 0 unspecified atom stereocenters. The topological polar surface area (TPSA) is 135 Å². The molecule has 0 radical (unpaired) electrons. The van der Waals surface area contributed by atoms with Crippen molar-refractivity contribution in [1.29, 1.82) is 0 Å². The Hall–Kier alpha value is -3.45. The van der Waals surface area contributed by atoms with Gasteiger partial charge in [-0.3, -0.25) is 19.7 Å². The second-order valence-electron chi connectivity index (χ2n) is 7.05. The molecule has 11 nitrogen and oxygen atoms in total. The quantitative estimate of drug-likeness (QED) is 0.288. The molecule has 3 heterocycles. The molecule has 1 aliphatic heterocycles. The van der Waals surface area contributed by atoms with Crippen LogP contribution in [0.5, 0.6) is 0 Å². The van der Waals surface area contributed by atoms with Crippen molar-refractivity contribution in [2.75, 3.05) is 36.8 Å². The third-order valence-corrected chi connectivity index (χ3v) is 7.05. The van der Waals surface area contributed by atoms with E-state index in [0.29, 0.717) is 48.0 Å². The minimum Gasteiger partial charge on any atom is -0.467 e. The van der Waals surface area contributed by atoms with Crippen molar-refractivity contribution in [2.24, 2.45) is 0 Å². The first-order valence-electron chi connectivity index (χ1n) is 10.0. The summed E-state index contributed by atoms with van der Waals surface area (Å²) >= 11 is 2.69. The number of hydrogen-bond donors (Lipinski definition) is 1. The maximum Gasteiger partial charge on any atom is 0.282 e. The van der Waals surface area contributed by atoms with E-state index in [9.17, 15) is 19.7 Å². The highest BCUT2D eigenvalue weighted by molar-refractivity contribution is 8.01. The predicted octanol–water partition coefficient (Wildman–Crippen LogP) is 2.41.